The fraction of sp³-hybridized carbons (Fsp3) is 0.727. The molecule has 1 aliphatic carbocycles. The average Bonchev–Trinajstić information content (AvgIpc) is 3.52. The summed E-state index contributed by atoms with van der Waals surface area (Å²) >= 11 is 0. The van der Waals surface area contributed by atoms with E-state index >= 15 is 0 Å². The molecule has 0 aromatic carbocycles. The molecule has 0 radical (unpaired) electrons. The Morgan fingerprint density at radius 3 is 2.70 bits per heavy atom. The maximum atomic E-state index is 6.33. The number of aliphatic imine (C=N–C) groups is 1. The molecule has 0 unspecified atom stereocenters. The quantitative estimate of drug-likeness (QED) is 0.455. The van der Waals surface area contributed by atoms with Crippen molar-refractivity contribution in [1.29, 1.82) is 0 Å². The van der Waals surface area contributed by atoms with E-state index in [0.29, 0.717) is 29.6 Å². The first-order chi connectivity index (χ1) is 15.8. The molecule has 4 atom stereocenters. The zero-order valence-corrected chi connectivity index (χ0v) is 19.8. The minimum Gasteiger partial charge on any atom is -0.460 e. The Kier molecular flexibility index (Phi) is 5.98. The van der Waals surface area contributed by atoms with E-state index in [1.165, 1.54) is 0 Å². The molecule has 2 aromatic heterocycles. The molecule has 4 heterocycles. The minimum atomic E-state index is -0.716. The summed E-state index contributed by atoms with van der Waals surface area (Å²) in [5.74, 6) is -0.264. The summed E-state index contributed by atoms with van der Waals surface area (Å²) in [6, 6.07) is 0.300. The van der Waals surface area contributed by atoms with Crippen LogP contribution >= 0.6 is 0 Å². The highest BCUT2D eigenvalue weighted by Crippen LogP contribution is 2.44. The van der Waals surface area contributed by atoms with Crippen LogP contribution in [-0.2, 0) is 18.9 Å². The Morgan fingerprint density at radius 2 is 1.97 bits per heavy atom. The van der Waals surface area contributed by atoms with Gasteiger partial charge in [-0.3, -0.25) is 4.57 Å². The topological polar surface area (TPSA) is 105 Å². The second-order valence-corrected chi connectivity index (χ2v) is 9.47. The van der Waals surface area contributed by atoms with Crippen molar-refractivity contribution in [1.82, 2.24) is 24.4 Å². The predicted octanol–water partition coefficient (Wildman–Crippen LogP) is 2.43. The van der Waals surface area contributed by atoms with Gasteiger partial charge >= 0.3 is 6.01 Å². The van der Waals surface area contributed by atoms with Gasteiger partial charge in [-0.15, -0.1) is 0 Å². The van der Waals surface area contributed by atoms with Crippen molar-refractivity contribution < 1.29 is 23.7 Å². The second kappa shape index (κ2) is 8.79. The van der Waals surface area contributed by atoms with Crippen LogP contribution in [0.2, 0.25) is 0 Å². The number of ether oxygens (including phenoxy) is 5. The maximum Gasteiger partial charge on any atom is 0.320 e. The third kappa shape index (κ3) is 4.42. The number of methoxy groups -OCH3 is 1. The molecule has 0 amide bonds. The molecule has 3 fully saturated rings. The Balaban J connectivity index is 1.54. The summed E-state index contributed by atoms with van der Waals surface area (Å²) < 4.78 is 32.0. The molecule has 2 aromatic rings. The summed E-state index contributed by atoms with van der Waals surface area (Å²) in [6.07, 6.45) is 6.48. The molecule has 2 saturated heterocycles. The van der Waals surface area contributed by atoms with Gasteiger partial charge in [0.25, 0.3) is 0 Å². The number of hydrogen-bond donors (Lipinski definition) is 0. The average molecular weight is 461 g/mol. The van der Waals surface area contributed by atoms with E-state index in [4.69, 9.17) is 28.7 Å². The Bertz CT molecular complexity index is 1020. The summed E-state index contributed by atoms with van der Waals surface area (Å²) in [5.41, 5.74) is 1.15. The van der Waals surface area contributed by atoms with Gasteiger partial charge in [0.2, 0.25) is 0 Å². The fourth-order valence-electron chi connectivity index (χ4n) is 4.72. The van der Waals surface area contributed by atoms with E-state index in [1.807, 2.05) is 37.4 Å². The number of fused-ring (bicyclic) bond motifs is 2. The lowest BCUT2D eigenvalue weighted by Crippen LogP contribution is -2.32. The molecular weight excluding hydrogens is 428 g/mol. The highest BCUT2D eigenvalue weighted by Gasteiger charge is 2.56. The van der Waals surface area contributed by atoms with E-state index in [9.17, 15) is 0 Å². The van der Waals surface area contributed by atoms with Crippen LogP contribution in [0.4, 0.5) is 5.82 Å². The lowest BCUT2D eigenvalue weighted by Gasteiger charge is -2.24. The fourth-order valence-corrected chi connectivity index (χ4v) is 4.72. The zero-order chi connectivity index (χ0) is 23.2. The highest BCUT2D eigenvalue weighted by atomic mass is 16.8. The first kappa shape index (κ1) is 22.5. The minimum absolute atomic E-state index is 0.120. The van der Waals surface area contributed by atoms with Crippen molar-refractivity contribution in [2.24, 2.45) is 4.99 Å². The van der Waals surface area contributed by atoms with Gasteiger partial charge in [0.15, 0.2) is 29.0 Å². The molecule has 0 N–H and O–H groups in total. The van der Waals surface area contributed by atoms with Gasteiger partial charge in [0.1, 0.15) is 24.4 Å². The normalized spacial score (nSPS) is 29.4. The molecule has 33 heavy (non-hydrogen) atoms. The number of imidazole rings is 1. The van der Waals surface area contributed by atoms with Crippen LogP contribution in [0.25, 0.3) is 11.2 Å². The van der Waals surface area contributed by atoms with Gasteiger partial charge in [-0.1, -0.05) is 0 Å². The van der Waals surface area contributed by atoms with E-state index in [2.05, 4.69) is 15.0 Å². The molecule has 180 valence electrons. The van der Waals surface area contributed by atoms with Crippen molar-refractivity contribution in [2.45, 2.75) is 76.0 Å². The summed E-state index contributed by atoms with van der Waals surface area (Å²) in [4.78, 5) is 20.2. The number of rotatable bonds is 7. The van der Waals surface area contributed by atoms with Gasteiger partial charge in [-0.2, -0.15) is 9.97 Å². The van der Waals surface area contributed by atoms with Gasteiger partial charge in [-0.25, -0.2) is 9.98 Å². The number of hydrogen-bond acceptors (Lipinski definition) is 9. The first-order valence-electron chi connectivity index (χ1n) is 11.5. The Labute approximate surface area is 193 Å². The molecule has 2 aliphatic heterocycles. The standard InChI is InChI=1S/C22H32N6O5/c1-22(2)32-16-14(10-29-5)31-20(17(16)33-22)28-12-23-15-18(24-11-27(3)4)25-21(26-19(15)28)30-13-8-6-7-9-13/h11-14,16-17,20H,6-10H2,1-5H3/b24-11-/t14-,16-,17-,20-/m1/s1. The first-order valence-corrected chi connectivity index (χ1v) is 11.5. The smallest absolute Gasteiger partial charge is 0.320 e. The summed E-state index contributed by atoms with van der Waals surface area (Å²) in [6.45, 7) is 4.21. The molecule has 3 aliphatic rings. The van der Waals surface area contributed by atoms with Crippen molar-refractivity contribution in [3.63, 3.8) is 0 Å². The van der Waals surface area contributed by atoms with Crippen molar-refractivity contribution >= 4 is 23.3 Å². The molecule has 11 nitrogen and oxygen atoms in total. The summed E-state index contributed by atoms with van der Waals surface area (Å²) in [7, 11) is 5.45. The van der Waals surface area contributed by atoms with Crippen LogP contribution < -0.4 is 4.74 Å². The van der Waals surface area contributed by atoms with Crippen molar-refractivity contribution in [2.75, 3.05) is 27.8 Å². The zero-order valence-electron chi connectivity index (χ0n) is 19.8. The monoisotopic (exact) mass is 460 g/mol. The number of aromatic nitrogens is 4. The molecule has 1 saturated carbocycles. The third-order valence-corrected chi connectivity index (χ3v) is 6.10. The van der Waals surface area contributed by atoms with Gasteiger partial charge < -0.3 is 28.6 Å². The molecular formula is C22H32N6O5. The van der Waals surface area contributed by atoms with Crippen LogP contribution in [0.5, 0.6) is 6.01 Å². The largest absolute Gasteiger partial charge is 0.460 e. The van der Waals surface area contributed by atoms with Crippen LogP contribution in [0.1, 0.15) is 45.8 Å². The van der Waals surface area contributed by atoms with Crippen molar-refractivity contribution in [3.8, 4) is 6.01 Å². The highest BCUT2D eigenvalue weighted by molar-refractivity contribution is 5.83. The van der Waals surface area contributed by atoms with E-state index in [0.717, 1.165) is 25.7 Å². The van der Waals surface area contributed by atoms with E-state index in [-0.39, 0.29) is 24.4 Å². The van der Waals surface area contributed by atoms with Gasteiger partial charge in [0.05, 0.1) is 19.3 Å². The predicted molar refractivity (Wildman–Crippen MR) is 120 cm³/mol. The SMILES string of the molecule is COC[C@H]1O[C@@H](n2cnc3c(/N=C\N(C)C)nc(OC4CCCC4)nc32)[C@@H]2OC(C)(C)O[C@@H]21. The van der Waals surface area contributed by atoms with Crippen LogP contribution in [0.15, 0.2) is 11.3 Å². The second-order valence-electron chi connectivity index (χ2n) is 9.47. The third-order valence-electron chi connectivity index (χ3n) is 6.10. The Hall–Kier alpha value is -2.34. The van der Waals surface area contributed by atoms with Crippen LogP contribution in [0.3, 0.4) is 0 Å². The summed E-state index contributed by atoms with van der Waals surface area (Å²) in [5, 5.41) is 0. The van der Waals surface area contributed by atoms with E-state index < -0.39 is 12.0 Å². The molecule has 11 heteroatoms. The van der Waals surface area contributed by atoms with Gasteiger partial charge in [0, 0.05) is 21.2 Å². The van der Waals surface area contributed by atoms with E-state index in [1.54, 1.807) is 19.8 Å². The lowest BCUT2D eigenvalue weighted by atomic mass is 10.1. The maximum absolute atomic E-state index is 6.33. The lowest BCUT2D eigenvalue weighted by molar-refractivity contribution is -0.200. The van der Waals surface area contributed by atoms with Crippen LogP contribution in [0, 0.1) is 0 Å². The molecule has 0 bridgehead atoms. The van der Waals surface area contributed by atoms with Crippen molar-refractivity contribution in [3.05, 3.63) is 6.33 Å². The Morgan fingerprint density at radius 1 is 1.21 bits per heavy atom. The molecule has 0 spiro atoms. The van der Waals surface area contributed by atoms with Crippen LogP contribution in [-0.4, -0.2) is 88.8 Å². The number of nitrogens with zero attached hydrogens (tertiary/aromatic N) is 6. The van der Waals surface area contributed by atoms with Gasteiger partial charge in [-0.05, 0) is 39.5 Å². The molecule has 5 rings (SSSR count).